The molecular formula is C17H24N4O3. The fourth-order valence-electron chi connectivity index (χ4n) is 2.77. The number of carbonyl (C=O) groups excluding carboxylic acids is 1. The first kappa shape index (κ1) is 17.9. The van der Waals surface area contributed by atoms with Crippen LogP contribution in [0.5, 0.6) is 0 Å². The maximum absolute atomic E-state index is 11.8. The largest absolute Gasteiger partial charge is 0.480 e. The third kappa shape index (κ3) is 4.79. The lowest BCUT2D eigenvalue weighted by atomic mass is 9.85. The lowest BCUT2D eigenvalue weighted by Crippen LogP contribution is -2.51. The lowest BCUT2D eigenvalue weighted by molar-refractivity contribution is -0.139. The Kier molecular flexibility index (Phi) is 6.31. The van der Waals surface area contributed by atoms with Crippen LogP contribution in [0.1, 0.15) is 30.1 Å². The minimum absolute atomic E-state index is 0.0840. The van der Waals surface area contributed by atoms with Gasteiger partial charge in [-0.05, 0) is 31.5 Å². The van der Waals surface area contributed by atoms with Gasteiger partial charge >= 0.3 is 5.97 Å². The SMILES string of the molecule is C=CCNC(=O)c1ccc(NC2CC(N(CC)CC(=O)O)C2)nc1. The number of carbonyl (C=O) groups is 2. The number of likely N-dealkylation sites (N-methyl/N-ethyl adjacent to an activating group) is 1. The number of nitrogens with zero attached hydrogens (tertiary/aromatic N) is 2. The zero-order chi connectivity index (χ0) is 17.5. The molecule has 0 radical (unpaired) electrons. The number of hydrogen-bond donors (Lipinski definition) is 3. The molecule has 0 aromatic carbocycles. The van der Waals surface area contributed by atoms with Crippen molar-refractivity contribution in [2.24, 2.45) is 0 Å². The number of aromatic nitrogens is 1. The van der Waals surface area contributed by atoms with Gasteiger partial charge in [-0.3, -0.25) is 14.5 Å². The van der Waals surface area contributed by atoms with E-state index in [2.05, 4.69) is 22.2 Å². The van der Waals surface area contributed by atoms with Gasteiger partial charge in [-0.2, -0.15) is 0 Å². The zero-order valence-electron chi connectivity index (χ0n) is 13.9. The molecule has 0 aliphatic heterocycles. The first-order chi connectivity index (χ1) is 11.5. The second-order valence-electron chi connectivity index (χ2n) is 5.85. The van der Waals surface area contributed by atoms with Crippen LogP contribution in [0.4, 0.5) is 5.82 Å². The molecule has 0 atom stereocenters. The van der Waals surface area contributed by atoms with Gasteiger partial charge in [0.2, 0.25) is 0 Å². The molecule has 0 unspecified atom stereocenters. The molecule has 1 amide bonds. The number of aliphatic carboxylic acids is 1. The summed E-state index contributed by atoms with van der Waals surface area (Å²) >= 11 is 0. The van der Waals surface area contributed by atoms with Crippen LogP contribution in [0.25, 0.3) is 0 Å². The fraction of sp³-hybridized carbons (Fsp3) is 0.471. The van der Waals surface area contributed by atoms with Gasteiger partial charge in [0, 0.05) is 24.8 Å². The number of anilines is 1. The van der Waals surface area contributed by atoms with Crippen molar-refractivity contribution in [3.8, 4) is 0 Å². The van der Waals surface area contributed by atoms with Gasteiger partial charge in [0.1, 0.15) is 5.82 Å². The van der Waals surface area contributed by atoms with Crippen molar-refractivity contribution in [3.63, 3.8) is 0 Å². The second-order valence-corrected chi connectivity index (χ2v) is 5.85. The van der Waals surface area contributed by atoms with E-state index in [9.17, 15) is 9.59 Å². The van der Waals surface area contributed by atoms with Gasteiger partial charge in [0.15, 0.2) is 0 Å². The van der Waals surface area contributed by atoms with Crippen molar-refractivity contribution in [2.75, 3.05) is 25.0 Å². The highest BCUT2D eigenvalue weighted by Gasteiger charge is 2.33. The molecule has 24 heavy (non-hydrogen) atoms. The van der Waals surface area contributed by atoms with Crippen LogP contribution in [0.15, 0.2) is 31.0 Å². The molecule has 1 aromatic heterocycles. The standard InChI is InChI=1S/C17H24N4O3/c1-3-7-18-17(24)12-5-6-15(19-10-12)20-13-8-14(9-13)21(4-2)11-16(22)23/h3,5-6,10,13-14H,1,4,7-9,11H2,2H3,(H,18,24)(H,19,20)(H,22,23). The maximum Gasteiger partial charge on any atom is 0.317 e. The minimum Gasteiger partial charge on any atom is -0.480 e. The Morgan fingerprint density at radius 1 is 1.46 bits per heavy atom. The smallest absolute Gasteiger partial charge is 0.317 e. The molecule has 1 fully saturated rings. The predicted molar refractivity (Wildman–Crippen MR) is 92.1 cm³/mol. The molecule has 3 N–H and O–H groups in total. The fourth-order valence-corrected chi connectivity index (χ4v) is 2.77. The molecule has 0 saturated heterocycles. The normalized spacial score (nSPS) is 19.4. The van der Waals surface area contributed by atoms with Crippen LogP contribution in [0.3, 0.4) is 0 Å². The van der Waals surface area contributed by atoms with Crippen LogP contribution in [0.2, 0.25) is 0 Å². The summed E-state index contributed by atoms with van der Waals surface area (Å²) in [5.41, 5.74) is 0.507. The monoisotopic (exact) mass is 332 g/mol. The van der Waals surface area contributed by atoms with E-state index in [4.69, 9.17) is 5.11 Å². The zero-order valence-corrected chi connectivity index (χ0v) is 13.9. The van der Waals surface area contributed by atoms with Crippen LogP contribution in [0, 0.1) is 0 Å². The van der Waals surface area contributed by atoms with Gasteiger partial charge in [-0.25, -0.2) is 4.98 Å². The van der Waals surface area contributed by atoms with Crippen molar-refractivity contribution >= 4 is 17.7 Å². The topological polar surface area (TPSA) is 94.6 Å². The van der Waals surface area contributed by atoms with E-state index in [-0.39, 0.29) is 18.5 Å². The molecule has 0 spiro atoms. The summed E-state index contributed by atoms with van der Waals surface area (Å²) in [4.78, 5) is 28.8. The number of nitrogens with one attached hydrogen (secondary N) is 2. The van der Waals surface area contributed by atoms with Crippen LogP contribution in [-0.4, -0.2) is 58.6 Å². The van der Waals surface area contributed by atoms with E-state index in [0.29, 0.717) is 18.2 Å². The molecule has 2 rings (SSSR count). The van der Waals surface area contributed by atoms with E-state index in [1.807, 2.05) is 11.8 Å². The summed E-state index contributed by atoms with van der Waals surface area (Å²) < 4.78 is 0. The summed E-state index contributed by atoms with van der Waals surface area (Å²) in [6, 6.07) is 4.09. The summed E-state index contributed by atoms with van der Waals surface area (Å²) in [7, 11) is 0. The molecule has 7 nitrogen and oxygen atoms in total. The Morgan fingerprint density at radius 3 is 2.75 bits per heavy atom. The molecule has 1 aromatic rings. The molecule has 7 heteroatoms. The highest BCUT2D eigenvalue weighted by molar-refractivity contribution is 5.94. The molecule has 1 saturated carbocycles. The first-order valence-electron chi connectivity index (χ1n) is 8.11. The third-order valence-corrected chi connectivity index (χ3v) is 4.16. The Hall–Kier alpha value is -2.41. The number of carboxylic acid groups (broad SMARTS) is 1. The van der Waals surface area contributed by atoms with Crippen LogP contribution < -0.4 is 10.6 Å². The highest BCUT2D eigenvalue weighted by Crippen LogP contribution is 2.28. The van der Waals surface area contributed by atoms with Gasteiger partial charge in [-0.15, -0.1) is 6.58 Å². The first-order valence-corrected chi connectivity index (χ1v) is 8.11. The summed E-state index contributed by atoms with van der Waals surface area (Å²) in [6.07, 6.45) is 4.95. The molecule has 0 bridgehead atoms. The summed E-state index contributed by atoms with van der Waals surface area (Å²) in [5, 5.41) is 14.9. The number of pyridine rings is 1. The van der Waals surface area contributed by atoms with Crippen molar-refractivity contribution in [1.29, 1.82) is 0 Å². The van der Waals surface area contributed by atoms with Crippen molar-refractivity contribution in [3.05, 3.63) is 36.5 Å². The van der Waals surface area contributed by atoms with E-state index in [1.165, 1.54) is 0 Å². The highest BCUT2D eigenvalue weighted by atomic mass is 16.4. The van der Waals surface area contributed by atoms with Gasteiger partial charge in [0.25, 0.3) is 5.91 Å². The molecule has 1 heterocycles. The molecule has 130 valence electrons. The summed E-state index contributed by atoms with van der Waals surface area (Å²) in [6.45, 7) is 6.77. The van der Waals surface area contributed by atoms with Gasteiger partial charge < -0.3 is 15.7 Å². The number of hydrogen-bond acceptors (Lipinski definition) is 5. The van der Waals surface area contributed by atoms with Gasteiger partial charge in [0.05, 0.1) is 12.1 Å². The van der Waals surface area contributed by atoms with E-state index in [0.717, 1.165) is 25.2 Å². The molecule has 1 aliphatic carbocycles. The average Bonchev–Trinajstić information content (AvgIpc) is 2.54. The minimum atomic E-state index is -0.791. The van der Waals surface area contributed by atoms with Crippen LogP contribution >= 0.6 is 0 Å². The lowest BCUT2D eigenvalue weighted by Gasteiger charge is -2.42. The predicted octanol–water partition coefficient (Wildman–Crippen LogP) is 1.35. The van der Waals surface area contributed by atoms with Crippen molar-refractivity contribution in [1.82, 2.24) is 15.2 Å². The van der Waals surface area contributed by atoms with E-state index < -0.39 is 5.97 Å². The Balaban J connectivity index is 1.80. The molecule has 1 aliphatic rings. The third-order valence-electron chi connectivity index (χ3n) is 4.16. The number of amides is 1. The summed E-state index contributed by atoms with van der Waals surface area (Å²) in [5.74, 6) is -0.245. The van der Waals surface area contributed by atoms with Crippen LogP contribution in [-0.2, 0) is 4.79 Å². The second kappa shape index (κ2) is 8.44. The quantitative estimate of drug-likeness (QED) is 0.591. The van der Waals surface area contributed by atoms with Gasteiger partial charge in [-0.1, -0.05) is 13.0 Å². The Morgan fingerprint density at radius 2 is 2.21 bits per heavy atom. The Bertz CT molecular complexity index is 582. The van der Waals surface area contributed by atoms with E-state index >= 15 is 0 Å². The van der Waals surface area contributed by atoms with Crippen molar-refractivity contribution in [2.45, 2.75) is 31.8 Å². The number of rotatable bonds is 9. The molecular weight excluding hydrogens is 308 g/mol. The Labute approximate surface area is 141 Å². The number of carboxylic acids is 1. The maximum atomic E-state index is 11.8. The van der Waals surface area contributed by atoms with E-state index in [1.54, 1.807) is 24.4 Å². The average molecular weight is 332 g/mol. The van der Waals surface area contributed by atoms with Crippen molar-refractivity contribution < 1.29 is 14.7 Å².